The van der Waals surface area contributed by atoms with Crippen molar-refractivity contribution in [2.45, 2.75) is 12.8 Å². The number of benzene rings is 2. The number of rotatable bonds is 7. The second kappa shape index (κ2) is 7.92. The molecule has 0 fully saturated rings. The molecule has 0 bridgehead atoms. The number of carbonyl (C=O) groups is 1. The fourth-order valence-corrected chi connectivity index (χ4v) is 3.22. The molecule has 0 spiro atoms. The molecule has 0 unspecified atom stereocenters. The SMILES string of the molecule is CS(=O)(=O)N(CCCC(=O)Nc1cccc(F)c1)c1ccccc1. The maximum Gasteiger partial charge on any atom is 0.232 e. The molecule has 24 heavy (non-hydrogen) atoms. The first-order chi connectivity index (χ1) is 11.4. The number of hydrogen-bond acceptors (Lipinski definition) is 3. The lowest BCUT2D eigenvalue weighted by Crippen LogP contribution is -2.31. The Bertz CT molecular complexity index is 794. The quantitative estimate of drug-likeness (QED) is 0.835. The molecule has 0 heterocycles. The van der Waals surface area contributed by atoms with Gasteiger partial charge in [0.25, 0.3) is 0 Å². The lowest BCUT2D eigenvalue weighted by Gasteiger charge is -2.22. The maximum absolute atomic E-state index is 13.1. The van der Waals surface area contributed by atoms with Crippen molar-refractivity contribution in [2.24, 2.45) is 0 Å². The van der Waals surface area contributed by atoms with Crippen LogP contribution in [0.5, 0.6) is 0 Å². The molecule has 0 saturated heterocycles. The number of para-hydroxylation sites is 1. The van der Waals surface area contributed by atoms with E-state index in [1.54, 1.807) is 36.4 Å². The minimum Gasteiger partial charge on any atom is -0.326 e. The second-order valence-corrected chi connectivity index (χ2v) is 7.24. The van der Waals surface area contributed by atoms with Crippen LogP contribution in [0.15, 0.2) is 54.6 Å². The first-order valence-corrected chi connectivity index (χ1v) is 9.29. The van der Waals surface area contributed by atoms with Gasteiger partial charge in [0.1, 0.15) is 5.82 Å². The smallest absolute Gasteiger partial charge is 0.232 e. The Morgan fingerprint density at radius 2 is 1.83 bits per heavy atom. The molecule has 2 rings (SSSR count). The van der Waals surface area contributed by atoms with E-state index in [1.165, 1.54) is 22.5 Å². The van der Waals surface area contributed by atoms with Gasteiger partial charge in [-0.3, -0.25) is 9.10 Å². The van der Waals surface area contributed by atoms with Crippen LogP contribution in [0, 0.1) is 5.82 Å². The molecule has 7 heteroatoms. The zero-order chi connectivity index (χ0) is 17.6. The molecule has 2 aromatic carbocycles. The lowest BCUT2D eigenvalue weighted by atomic mass is 10.2. The van der Waals surface area contributed by atoms with Crippen LogP contribution in [0.1, 0.15) is 12.8 Å². The summed E-state index contributed by atoms with van der Waals surface area (Å²) < 4.78 is 38.2. The van der Waals surface area contributed by atoms with E-state index >= 15 is 0 Å². The number of halogens is 1. The maximum atomic E-state index is 13.1. The molecule has 0 radical (unpaired) electrons. The number of anilines is 2. The van der Waals surface area contributed by atoms with Gasteiger partial charge < -0.3 is 5.32 Å². The van der Waals surface area contributed by atoms with E-state index in [4.69, 9.17) is 0 Å². The molecular weight excluding hydrogens is 331 g/mol. The van der Waals surface area contributed by atoms with Gasteiger partial charge in [-0.2, -0.15) is 0 Å². The molecular formula is C17H19FN2O3S. The first-order valence-electron chi connectivity index (χ1n) is 7.44. The highest BCUT2D eigenvalue weighted by Crippen LogP contribution is 2.17. The fraction of sp³-hybridized carbons (Fsp3) is 0.235. The van der Waals surface area contributed by atoms with E-state index in [9.17, 15) is 17.6 Å². The number of hydrogen-bond donors (Lipinski definition) is 1. The number of amides is 1. The molecule has 0 saturated carbocycles. The Morgan fingerprint density at radius 1 is 1.12 bits per heavy atom. The van der Waals surface area contributed by atoms with Crippen LogP contribution in [0.4, 0.5) is 15.8 Å². The van der Waals surface area contributed by atoms with Crippen molar-refractivity contribution in [3.8, 4) is 0 Å². The van der Waals surface area contributed by atoms with Gasteiger partial charge in [0, 0.05) is 18.7 Å². The van der Waals surface area contributed by atoms with E-state index in [0.29, 0.717) is 17.8 Å². The summed E-state index contributed by atoms with van der Waals surface area (Å²) in [5.74, 6) is -0.720. The average molecular weight is 350 g/mol. The van der Waals surface area contributed by atoms with E-state index in [-0.39, 0.29) is 18.9 Å². The van der Waals surface area contributed by atoms with Crippen LogP contribution in [-0.2, 0) is 14.8 Å². The third-order valence-electron chi connectivity index (χ3n) is 3.32. The van der Waals surface area contributed by atoms with E-state index < -0.39 is 15.8 Å². The summed E-state index contributed by atoms with van der Waals surface area (Å²) in [5, 5.41) is 2.59. The normalized spacial score (nSPS) is 11.1. The summed E-state index contributed by atoms with van der Waals surface area (Å²) in [6.45, 7) is 0.194. The number of sulfonamides is 1. The van der Waals surface area contributed by atoms with Crippen LogP contribution >= 0.6 is 0 Å². The lowest BCUT2D eigenvalue weighted by molar-refractivity contribution is -0.116. The van der Waals surface area contributed by atoms with Crippen molar-refractivity contribution in [1.82, 2.24) is 0 Å². The minimum atomic E-state index is -3.43. The molecule has 0 aliphatic rings. The molecule has 0 aromatic heterocycles. The molecule has 128 valence electrons. The molecule has 0 aliphatic carbocycles. The minimum absolute atomic E-state index is 0.134. The number of nitrogens with zero attached hydrogens (tertiary/aromatic N) is 1. The summed E-state index contributed by atoms with van der Waals surface area (Å²) >= 11 is 0. The van der Waals surface area contributed by atoms with Crippen LogP contribution in [0.25, 0.3) is 0 Å². The zero-order valence-corrected chi connectivity index (χ0v) is 14.1. The highest BCUT2D eigenvalue weighted by Gasteiger charge is 2.17. The summed E-state index contributed by atoms with van der Waals surface area (Å²) in [6, 6.07) is 14.3. The van der Waals surface area contributed by atoms with Crippen LogP contribution in [0.3, 0.4) is 0 Å². The standard InChI is InChI=1S/C17H19FN2O3S/c1-24(22,23)20(16-9-3-2-4-10-16)12-6-11-17(21)19-15-8-5-7-14(18)13-15/h2-5,7-10,13H,6,11-12H2,1H3,(H,19,21). The van der Waals surface area contributed by atoms with Gasteiger partial charge in [0.05, 0.1) is 11.9 Å². The van der Waals surface area contributed by atoms with Gasteiger partial charge in [-0.15, -0.1) is 0 Å². The predicted molar refractivity (Wildman–Crippen MR) is 92.9 cm³/mol. The van der Waals surface area contributed by atoms with Crippen molar-refractivity contribution >= 4 is 27.3 Å². The zero-order valence-electron chi connectivity index (χ0n) is 13.3. The number of nitrogens with one attached hydrogen (secondary N) is 1. The molecule has 1 N–H and O–H groups in total. The van der Waals surface area contributed by atoms with Crippen LogP contribution < -0.4 is 9.62 Å². The van der Waals surface area contributed by atoms with Gasteiger partial charge >= 0.3 is 0 Å². The second-order valence-electron chi connectivity index (χ2n) is 5.33. The third-order valence-corrected chi connectivity index (χ3v) is 4.51. The van der Waals surface area contributed by atoms with Crippen molar-refractivity contribution in [1.29, 1.82) is 0 Å². The first kappa shape index (κ1) is 17.9. The fourth-order valence-electron chi connectivity index (χ4n) is 2.25. The monoisotopic (exact) mass is 350 g/mol. The van der Waals surface area contributed by atoms with Crippen molar-refractivity contribution in [3.63, 3.8) is 0 Å². The van der Waals surface area contributed by atoms with Gasteiger partial charge in [-0.05, 0) is 36.8 Å². The molecule has 1 amide bonds. The summed E-state index contributed by atoms with van der Waals surface area (Å²) in [6.07, 6.45) is 1.62. The Hall–Kier alpha value is -2.41. The van der Waals surface area contributed by atoms with Crippen molar-refractivity contribution in [2.75, 3.05) is 22.4 Å². The largest absolute Gasteiger partial charge is 0.326 e. The average Bonchev–Trinajstić information content (AvgIpc) is 2.51. The third kappa shape index (κ3) is 5.34. The summed E-state index contributed by atoms with van der Waals surface area (Å²) in [5.41, 5.74) is 0.938. The highest BCUT2D eigenvalue weighted by atomic mass is 32.2. The highest BCUT2D eigenvalue weighted by molar-refractivity contribution is 7.92. The molecule has 0 atom stereocenters. The van der Waals surface area contributed by atoms with E-state index in [0.717, 1.165) is 6.26 Å². The van der Waals surface area contributed by atoms with Gasteiger partial charge in [0.2, 0.25) is 15.9 Å². The predicted octanol–water partition coefficient (Wildman–Crippen LogP) is 3.01. The van der Waals surface area contributed by atoms with Crippen molar-refractivity contribution < 1.29 is 17.6 Å². The Morgan fingerprint density at radius 3 is 2.46 bits per heavy atom. The van der Waals surface area contributed by atoms with E-state index in [2.05, 4.69) is 5.32 Å². The topological polar surface area (TPSA) is 66.5 Å². The Labute approximate surface area is 141 Å². The van der Waals surface area contributed by atoms with Crippen LogP contribution in [-0.4, -0.2) is 27.1 Å². The summed E-state index contributed by atoms with van der Waals surface area (Å²) in [4.78, 5) is 11.9. The Balaban J connectivity index is 1.92. The van der Waals surface area contributed by atoms with Gasteiger partial charge in [-0.1, -0.05) is 24.3 Å². The van der Waals surface area contributed by atoms with Crippen molar-refractivity contribution in [3.05, 3.63) is 60.4 Å². The molecule has 0 aliphatic heterocycles. The van der Waals surface area contributed by atoms with E-state index in [1.807, 2.05) is 0 Å². The van der Waals surface area contributed by atoms with Crippen LogP contribution in [0.2, 0.25) is 0 Å². The molecule has 2 aromatic rings. The molecule has 5 nitrogen and oxygen atoms in total. The number of carbonyl (C=O) groups excluding carboxylic acids is 1. The van der Waals surface area contributed by atoms with Gasteiger partial charge in [0.15, 0.2) is 0 Å². The Kier molecular flexibility index (Phi) is 5.92. The van der Waals surface area contributed by atoms with Gasteiger partial charge in [-0.25, -0.2) is 12.8 Å². The summed E-state index contributed by atoms with van der Waals surface area (Å²) in [7, 11) is -3.43.